The highest BCUT2D eigenvalue weighted by atomic mass is 32.1. The summed E-state index contributed by atoms with van der Waals surface area (Å²) in [7, 11) is 0. The van der Waals surface area contributed by atoms with Gasteiger partial charge in [-0.1, -0.05) is 30.3 Å². The molecule has 4 bridgehead atoms. The average Bonchev–Trinajstić information content (AvgIpc) is 2.51. The van der Waals surface area contributed by atoms with Crippen LogP contribution in [0.25, 0.3) is 0 Å². The van der Waals surface area contributed by atoms with Crippen molar-refractivity contribution in [3.63, 3.8) is 0 Å². The Morgan fingerprint density at radius 3 is 2.17 bits per heavy atom. The van der Waals surface area contributed by atoms with E-state index in [1.54, 1.807) is 0 Å². The monoisotopic (exact) mass is 327 g/mol. The van der Waals surface area contributed by atoms with Gasteiger partial charge >= 0.3 is 0 Å². The highest BCUT2D eigenvalue weighted by Gasteiger charge is 2.51. The van der Waals surface area contributed by atoms with Crippen molar-refractivity contribution in [1.82, 2.24) is 10.7 Å². The number of hydrazone groups is 1. The summed E-state index contributed by atoms with van der Waals surface area (Å²) < 4.78 is 0. The summed E-state index contributed by atoms with van der Waals surface area (Å²) >= 11 is 5.53. The number of hydrogen-bond acceptors (Lipinski definition) is 2. The summed E-state index contributed by atoms with van der Waals surface area (Å²) in [5.74, 6) is 2.77. The number of benzene rings is 1. The van der Waals surface area contributed by atoms with E-state index in [2.05, 4.69) is 28.0 Å². The maximum absolute atomic E-state index is 5.53. The van der Waals surface area contributed by atoms with Crippen molar-refractivity contribution in [2.24, 2.45) is 22.9 Å². The molecule has 23 heavy (non-hydrogen) atoms. The molecular formula is C19H25N3S. The first-order valence-electron chi connectivity index (χ1n) is 8.80. The van der Waals surface area contributed by atoms with E-state index in [1.807, 2.05) is 25.1 Å². The van der Waals surface area contributed by atoms with Crippen molar-refractivity contribution in [1.29, 1.82) is 0 Å². The van der Waals surface area contributed by atoms with Crippen LogP contribution in [0.4, 0.5) is 0 Å². The lowest BCUT2D eigenvalue weighted by Crippen LogP contribution is -2.61. The molecule has 5 rings (SSSR count). The minimum absolute atomic E-state index is 0.245. The Bertz CT molecular complexity index is 587. The summed E-state index contributed by atoms with van der Waals surface area (Å²) in [5.41, 5.74) is 5.39. The second-order valence-corrected chi connectivity index (χ2v) is 8.24. The Labute approximate surface area is 143 Å². The molecule has 0 atom stereocenters. The van der Waals surface area contributed by atoms with Gasteiger partial charge in [-0.25, -0.2) is 0 Å². The molecule has 4 heteroatoms. The second-order valence-electron chi connectivity index (χ2n) is 7.83. The van der Waals surface area contributed by atoms with Crippen LogP contribution < -0.4 is 10.7 Å². The minimum Gasteiger partial charge on any atom is -0.356 e. The van der Waals surface area contributed by atoms with Gasteiger partial charge in [0, 0.05) is 5.54 Å². The first-order chi connectivity index (χ1) is 11.1. The Kier molecular flexibility index (Phi) is 3.88. The van der Waals surface area contributed by atoms with Gasteiger partial charge in [-0.3, -0.25) is 5.43 Å². The highest BCUT2D eigenvalue weighted by Crippen LogP contribution is 2.55. The third kappa shape index (κ3) is 3.14. The van der Waals surface area contributed by atoms with E-state index in [9.17, 15) is 0 Å². The highest BCUT2D eigenvalue weighted by molar-refractivity contribution is 7.80. The maximum atomic E-state index is 5.53. The van der Waals surface area contributed by atoms with E-state index in [0.717, 1.165) is 29.0 Å². The topological polar surface area (TPSA) is 36.4 Å². The fourth-order valence-electron chi connectivity index (χ4n) is 5.41. The first-order valence-corrected chi connectivity index (χ1v) is 9.21. The van der Waals surface area contributed by atoms with Gasteiger partial charge in [0.25, 0.3) is 0 Å². The van der Waals surface area contributed by atoms with Crippen LogP contribution in [0.15, 0.2) is 35.4 Å². The number of rotatable bonds is 3. The summed E-state index contributed by atoms with van der Waals surface area (Å²) in [4.78, 5) is 0. The van der Waals surface area contributed by atoms with Gasteiger partial charge < -0.3 is 5.32 Å². The van der Waals surface area contributed by atoms with E-state index >= 15 is 0 Å². The van der Waals surface area contributed by atoms with Gasteiger partial charge in [0.1, 0.15) is 0 Å². The molecule has 0 saturated heterocycles. The van der Waals surface area contributed by atoms with Crippen molar-refractivity contribution >= 4 is 23.0 Å². The smallest absolute Gasteiger partial charge is 0.187 e. The maximum Gasteiger partial charge on any atom is 0.187 e. The summed E-state index contributed by atoms with van der Waals surface area (Å²) in [6.07, 6.45) is 8.23. The molecule has 122 valence electrons. The summed E-state index contributed by atoms with van der Waals surface area (Å²) in [5, 5.41) is 8.78. The van der Waals surface area contributed by atoms with E-state index in [0.29, 0.717) is 5.11 Å². The quantitative estimate of drug-likeness (QED) is 0.503. The lowest BCUT2D eigenvalue weighted by atomic mass is 9.53. The van der Waals surface area contributed by atoms with Crippen molar-refractivity contribution in [2.45, 2.75) is 51.0 Å². The third-order valence-electron chi connectivity index (χ3n) is 5.93. The van der Waals surface area contributed by atoms with Gasteiger partial charge in [-0.2, -0.15) is 5.10 Å². The van der Waals surface area contributed by atoms with Crippen LogP contribution in [0.3, 0.4) is 0 Å². The Hall–Kier alpha value is -1.42. The molecule has 0 aliphatic heterocycles. The van der Waals surface area contributed by atoms with Gasteiger partial charge in [-0.05, 0) is 81.0 Å². The molecule has 0 heterocycles. The van der Waals surface area contributed by atoms with Crippen molar-refractivity contribution in [3.8, 4) is 0 Å². The van der Waals surface area contributed by atoms with Gasteiger partial charge in [0.05, 0.1) is 5.71 Å². The standard InChI is InChI=1S/C19H25N3S/c1-13(17-5-3-2-4-6-17)21-22-18(23)20-19-10-14-7-15(11-19)9-16(8-14)12-19/h2-6,14-16H,7-12H2,1H3,(H2,20,22,23)/b21-13-. The van der Waals surface area contributed by atoms with Crippen LogP contribution in [0.5, 0.6) is 0 Å². The minimum atomic E-state index is 0.245. The molecule has 4 fully saturated rings. The van der Waals surface area contributed by atoms with Crippen LogP contribution in [0.2, 0.25) is 0 Å². The van der Waals surface area contributed by atoms with Gasteiger partial charge in [0.2, 0.25) is 0 Å². The molecule has 4 aliphatic carbocycles. The second kappa shape index (κ2) is 5.90. The molecule has 0 radical (unpaired) electrons. The van der Waals surface area contributed by atoms with Crippen LogP contribution >= 0.6 is 12.2 Å². The Balaban J connectivity index is 1.39. The zero-order chi connectivity index (χ0) is 15.9. The van der Waals surface area contributed by atoms with E-state index in [1.165, 1.54) is 38.5 Å². The van der Waals surface area contributed by atoms with Crippen LogP contribution in [-0.2, 0) is 0 Å². The van der Waals surface area contributed by atoms with Crippen LogP contribution in [0.1, 0.15) is 51.0 Å². The molecule has 4 aliphatic rings. The average molecular weight is 327 g/mol. The fourth-order valence-corrected chi connectivity index (χ4v) is 5.67. The molecular weight excluding hydrogens is 302 g/mol. The first kappa shape index (κ1) is 15.1. The van der Waals surface area contributed by atoms with E-state index < -0.39 is 0 Å². The zero-order valence-corrected chi connectivity index (χ0v) is 14.5. The van der Waals surface area contributed by atoms with Gasteiger partial charge in [-0.15, -0.1) is 0 Å². The number of nitrogens with one attached hydrogen (secondary N) is 2. The summed E-state index contributed by atoms with van der Waals surface area (Å²) in [6, 6.07) is 10.2. The predicted molar refractivity (Wildman–Crippen MR) is 98.4 cm³/mol. The molecule has 4 saturated carbocycles. The molecule has 0 aromatic heterocycles. The van der Waals surface area contributed by atoms with E-state index in [-0.39, 0.29) is 5.54 Å². The Morgan fingerprint density at radius 1 is 1.04 bits per heavy atom. The number of thiocarbonyl (C=S) groups is 1. The molecule has 2 N–H and O–H groups in total. The largest absolute Gasteiger partial charge is 0.356 e. The zero-order valence-electron chi connectivity index (χ0n) is 13.7. The molecule has 1 aromatic carbocycles. The van der Waals surface area contributed by atoms with E-state index in [4.69, 9.17) is 12.2 Å². The molecule has 1 aromatic rings. The molecule has 3 nitrogen and oxygen atoms in total. The van der Waals surface area contributed by atoms with Gasteiger partial charge in [0.15, 0.2) is 5.11 Å². The van der Waals surface area contributed by atoms with Crippen molar-refractivity contribution in [3.05, 3.63) is 35.9 Å². The molecule has 0 amide bonds. The van der Waals surface area contributed by atoms with Crippen LogP contribution in [0, 0.1) is 17.8 Å². The predicted octanol–water partition coefficient (Wildman–Crippen LogP) is 3.84. The molecule has 0 unspecified atom stereocenters. The van der Waals surface area contributed by atoms with Crippen molar-refractivity contribution < 1.29 is 0 Å². The fraction of sp³-hybridized carbons (Fsp3) is 0.579. The summed E-state index contributed by atoms with van der Waals surface area (Å²) in [6.45, 7) is 2.01. The van der Waals surface area contributed by atoms with Crippen molar-refractivity contribution in [2.75, 3.05) is 0 Å². The molecule has 0 spiro atoms. The normalized spacial score (nSPS) is 35.2. The number of nitrogens with zero attached hydrogens (tertiary/aromatic N) is 1. The third-order valence-corrected chi connectivity index (χ3v) is 6.13. The lowest BCUT2D eigenvalue weighted by molar-refractivity contribution is -0.0101. The number of hydrogen-bond donors (Lipinski definition) is 2. The lowest BCUT2D eigenvalue weighted by Gasteiger charge is -2.57. The van der Waals surface area contributed by atoms with Crippen LogP contribution in [-0.4, -0.2) is 16.4 Å². The Morgan fingerprint density at radius 2 is 1.61 bits per heavy atom. The SMILES string of the molecule is C/C(=N/NC(=S)NC12CC3CC(CC(C3)C1)C2)c1ccccc1.